The van der Waals surface area contributed by atoms with Crippen LogP contribution in [0.15, 0.2) is 51.9 Å². The predicted octanol–water partition coefficient (Wildman–Crippen LogP) is 3.38. The van der Waals surface area contributed by atoms with Gasteiger partial charge in [0.15, 0.2) is 10.7 Å². The van der Waals surface area contributed by atoms with Crippen molar-refractivity contribution in [2.75, 3.05) is 38.6 Å². The molecule has 0 fully saturated rings. The fourth-order valence-electron chi connectivity index (χ4n) is 5.19. The predicted molar refractivity (Wildman–Crippen MR) is 158 cm³/mol. The van der Waals surface area contributed by atoms with Gasteiger partial charge in [-0.2, -0.15) is 0 Å². The fourth-order valence-corrected chi connectivity index (χ4v) is 6.57. The minimum absolute atomic E-state index is 0.0122. The molecule has 12 heteroatoms. The number of aliphatic hydroxyl groups excluding tert-OH is 1. The first-order valence-electron chi connectivity index (χ1n) is 13.9. The SMILES string of the molecule is COc1ccc(CN(C)C[C@H]2Oc3ccc(NS(=O)(=O)c4c(C)noc4C)cc3CC(=O)N([C@H](C)CO)C[C@@H]2C)cc1. The maximum atomic E-state index is 13.5. The average molecular weight is 601 g/mol. The van der Waals surface area contributed by atoms with Gasteiger partial charge in [-0.1, -0.05) is 24.2 Å². The van der Waals surface area contributed by atoms with Crippen LogP contribution in [-0.4, -0.2) is 80.4 Å². The van der Waals surface area contributed by atoms with Gasteiger partial charge in [-0.05, 0) is 63.7 Å². The summed E-state index contributed by atoms with van der Waals surface area (Å²) < 4.78 is 45.7. The van der Waals surface area contributed by atoms with E-state index in [9.17, 15) is 18.3 Å². The van der Waals surface area contributed by atoms with Crippen LogP contribution in [0.5, 0.6) is 11.5 Å². The summed E-state index contributed by atoms with van der Waals surface area (Å²) in [7, 11) is -0.333. The number of aryl methyl sites for hydroxylation is 2. The third-order valence-electron chi connectivity index (χ3n) is 7.51. The number of nitrogens with one attached hydrogen (secondary N) is 1. The first-order valence-corrected chi connectivity index (χ1v) is 15.4. The maximum Gasteiger partial charge on any atom is 0.267 e. The average Bonchev–Trinajstić information content (AvgIpc) is 3.31. The van der Waals surface area contributed by atoms with E-state index in [2.05, 4.69) is 14.8 Å². The van der Waals surface area contributed by atoms with E-state index in [1.807, 2.05) is 45.2 Å². The Morgan fingerprint density at radius 2 is 1.93 bits per heavy atom. The van der Waals surface area contributed by atoms with E-state index < -0.39 is 10.0 Å². The number of ether oxygens (including phenoxy) is 2. The normalized spacial score (nSPS) is 18.5. The molecule has 42 heavy (non-hydrogen) atoms. The maximum absolute atomic E-state index is 13.5. The van der Waals surface area contributed by atoms with E-state index in [-0.39, 0.29) is 59.0 Å². The Labute approximate surface area is 247 Å². The van der Waals surface area contributed by atoms with Crippen LogP contribution in [0.1, 0.15) is 36.4 Å². The standard InChI is InChI=1S/C30H40N4O7S/c1-19-15-34(20(2)18-35)29(36)14-24-13-25(32-42(37,38)30-21(3)31-41-22(30)4)9-12-27(24)40-28(19)17-33(5)16-23-7-10-26(39-6)11-8-23/h7-13,19-20,28,32,35H,14-18H2,1-6H3/t19-,20+,28+/m0/s1. The monoisotopic (exact) mass is 600 g/mol. The lowest BCUT2D eigenvalue weighted by Gasteiger charge is -2.34. The van der Waals surface area contributed by atoms with E-state index in [1.165, 1.54) is 6.92 Å². The van der Waals surface area contributed by atoms with Crippen LogP contribution in [0.4, 0.5) is 5.69 Å². The minimum atomic E-state index is -3.98. The topological polar surface area (TPSA) is 134 Å². The van der Waals surface area contributed by atoms with Crippen LogP contribution in [0.3, 0.4) is 0 Å². The molecular formula is C30H40N4O7S. The molecular weight excluding hydrogens is 560 g/mol. The lowest BCUT2D eigenvalue weighted by atomic mass is 10.0. The Bertz CT molecular complexity index is 1470. The van der Waals surface area contributed by atoms with Crippen molar-refractivity contribution in [1.29, 1.82) is 0 Å². The Kier molecular flexibility index (Phi) is 9.80. The molecule has 2 N–H and O–H groups in total. The molecule has 0 saturated heterocycles. The second-order valence-corrected chi connectivity index (χ2v) is 12.6. The quantitative estimate of drug-likeness (QED) is 0.359. The van der Waals surface area contributed by atoms with Gasteiger partial charge in [0.2, 0.25) is 5.91 Å². The van der Waals surface area contributed by atoms with Crippen molar-refractivity contribution < 1.29 is 32.3 Å². The molecule has 11 nitrogen and oxygen atoms in total. The van der Waals surface area contributed by atoms with Crippen LogP contribution in [-0.2, 0) is 27.8 Å². The first-order chi connectivity index (χ1) is 19.9. The van der Waals surface area contributed by atoms with Crippen molar-refractivity contribution >= 4 is 21.6 Å². The largest absolute Gasteiger partial charge is 0.497 e. The zero-order chi connectivity index (χ0) is 30.6. The Hall–Kier alpha value is -3.61. The number of methoxy groups -OCH3 is 1. The minimum Gasteiger partial charge on any atom is -0.497 e. The third kappa shape index (κ3) is 7.23. The third-order valence-corrected chi connectivity index (χ3v) is 9.13. The molecule has 1 aliphatic rings. The van der Waals surface area contributed by atoms with Gasteiger partial charge < -0.3 is 24.0 Å². The second-order valence-electron chi connectivity index (χ2n) is 11.0. The van der Waals surface area contributed by atoms with E-state index in [0.29, 0.717) is 30.9 Å². The van der Waals surface area contributed by atoms with Gasteiger partial charge in [0.25, 0.3) is 10.0 Å². The molecule has 0 radical (unpaired) electrons. The van der Waals surface area contributed by atoms with Crippen molar-refractivity contribution in [3.8, 4) is 11.5 Å². The molecule has 2 heterocycles. The highest BCUT2D eigenvalue weighted by Gasteiger charge is 2.32. The molecule has 228 valence electrons. The van der Waals surface area contributed by atoms with Gasteiger partial charge in [0.1, 0.15) is 23.3 Å². The lowest BCUT2D eigenvalue weighted by Crippen LogP contribution is -2.47. The lowest BCUT2D eigenvalue weighted by molar-refractivity contribution is -0.134. The van der Waals surface area contributed by atoms with E-state index >= 15 is 0 Å². The van der Waals surface area contributed by atoms with Gasteiger partial charge in [0.05, 0.1) is 26.2 Å². The molecule has 0 saturated carbocycles. The van der Waals surface area contributed by atoms with Gasteiger partial charge in [-0.15, -0.1) is 0 Å². The van der Waals surface area contributed by atoms with Crippen molar-refractivity contribution in [2.24, 2.45) is 5.92 Å². The molecule has 1 aliphatic heterocycles. The highest BCUT2D eigenvalue weighted by molar-refractivity contribution is 7.92. The zero-order valence-electron chi connectivity index (χ0n) is 25.0. The van der Waals surface area contributed by atoms with Gasteiger partial charge in [-0.25, -0.2) is 8.42 Å². The Balaban J connectivity index is 1.62. The van der Waals surface area contributed by atoms with Gasteiger partial charge in [-0.3, -0.25) is 14.4 Å². The molecule has 0 aliphatic carbocycles. The summed E-state index contributed by atoms with van der Waals surface area (Å²) in [5, 5.41) is 13.7. The molecule has 3 aromatic rings. The summed E-state index contributed by atoms with van der Waals surface area (Å²) in [4.78, 5) is 17.3. The van der Waals surface area contributed by atoms with Crippen LogP contribution in [0.2, 0.25) is 0 Å². The molecule has 0 spiro atoms. The number of aromatic nitrogens is 1. The van der Waals surface area contributed by atoms with Crippen LogP contribution >= 0.6 is 0 Å². The van der Waals surface area contributed by atoms with Crippen LogP contribution < -0.4 is 14.2 Å². The highest BCUT2D eigenvalue weighted by Crippen LogP contribution is 2.31. The summed E-state index contributed by atoms with van der Waals surface area (Å²) in [6.45, 7) is 8.42. The van der Waals surface area contributed by atoms with Crippen molar-refractivity contribution in [3.05, 3.63) is 65.0 Å². The molecule has 3 atom stereocenters. The number of likely N-dealkylation sites (N-methyl/N-ethyl adjacent to an activating group) is 1. The van der Waals surface area contributed by atoms with E-state index in [4.69, 9.17) is 14.0 Å². The summed E-state index contributed by atoms with van der Waals surface area (Å²) in [6.07, 6.45) is -0.307. The van der Waals surface area contributed by atoms with E-state index in [0.717, 1.165) is 11.3 Å². The molecule has 2 aromatic carbocycles. The number of amides is 1. The molecule has 0 unspecified atom stereocenters. The first kappa shape index (κ1) is 31.3. The number of hydrogen-bond acceptors (Lipinski definition) is 9. The smallest absolute Gasteiger partial charge is 0.267 e. The number of rotatable bonds is 10. The summed E-state index contributed by atoms with van der Waals surface area (Å²) in [6, 6.07) is 12.4. The van der Waals surface area contributed by atoms with Gasteiger partial charge in [0, 0.05) is 36.8 Å². The molecule has 4 rings (SSSR count). The van der Waals surface area contributed by atoms with Crippen molar-refractivity contribution in [3.63, 3.8) is 0 Å². The Morgan fingerprint density at radius 3 is 2.55 bits per heavy atom. The molecule has 1 aromatic heterocycles. The number of carbonyl (C=O) groups excluding carboxylic acids is 1. The molecule has 1 amide bonds. The summed E-state index contributed by atoms with van der Waals surface area (Å²) in [5.41, 5.74) is 2.21. The van der Waals surface area contributed by atoms with Crippen molar-refractivity contribution in [1.82, 2.24) is 15.0 Å². The number of sulfonamides is 1. The second kappa shape index (κ2) is 13.1. The van der Waals surface area contributed by atoms with Crippen LogP contribution in [0, 0.1) is 19.8 Å². The fraction of sp³-hybridized carbons (Fsp3) is 0.467. The molecule has 0 bridgehead atoms. The number of fused-ring (bicyclic) bond motifs is 1. The van der Waals surface area contributed by atoms with Gasteiger partial charge >= 0.3 is 0 Å². The summed E-state index contributed by atoms with van der Waals surface area (Å²) in [5.74, 6) is 1.25. The number of anilines is 1. The van der Waals surface area contributed by atoms with Crippen LogP contribution in [0.25, 0.3) is 0 Å². The number of carbonyl (C=O) groups is 1. The number of nitrogens with zero attached hydrogens (tertiary/aromatic N) is 3. The van der Waals surface area contributed by atoms with Crippen molar-refractivity contribution in [2.45, 2.75) is 57.7 Å². The zero-order valence-corrected chi connectivity index (χ0v) is 25.8. The number of benzene rings is 2. The summed E-state index contributed by atoms with van der Waals surface area (Å²) >= 11 is 0. The highest BCUT2D eigenvalue weighted by atomic mass is 32.2. The van der Waals surface area contributed by atoms with E-state index in [1.54, 1.807) is 37.1 Å². The number of aliphatic hydroxyl groups is 1. The number of hydrogen-bond donors (Lipinski definition) is 2. The Morgan fingerprint density at radius 1 is 1.21 bits per heavy atom.